The van der Waals surface area contributed by atoms with Gasteiger partial charge in [0.25, 0.3) is 0 Å². The van der Waals surface area contributed by atoms with Crippen LogP contribution >= 0.6 is 0 Å². The zero-order valence-electron chi connectivity index (χ0n) is 11.1. The maximum atomic E-state index is 11.7. The number of rotatable bonds is 5. The summed E-state index contributed by atoms with van der Waals surface area (Å²) in [5.41, 5.74) is 2.11. The summed E-state index contributed by atoms with van der Waals surface area (Å²) < 4.78 is 0. The van der Waals surface area contributed by atoms with Crippen LogP contribution < -0.4 is 5.32 Å². The van der Waals surface area contributed by atoms with Crippen LogP contribution in [0.4, 0.5) is 5.69 Å². The van der Waals surface area contributed by atoms with E-state index in [1.807, 2.05) is 31.2 Å². The summed E-state index contributed by atoms with van der Waals surface area (Å²) >= 11 is 0. The molecular weight excluding hydrogens is 224 g/mol. The maximum absolute atomic E-state index is 11.7. The highest BCUT2D eigenvalue weighted by atomic mass is 16.1. The molecule has 3 nitrogen and oxygen atoms in total. The summed E-state index contributed by atoms with van der Waals surface area (Å²) in [4.78, 5) is 14.2. The summed E-state index contributed by atoms with van der Waals surface area (Å²) in [6.07, 6.45) is 4.20. The van der Waals surface area contributed by atoms with Crippen LogP contribution in [0.5, 0.6) is 0 Å². The van der Waals surface area contributed by atoms with Crippen molar-refractivity contribution in [3.8, 4) is 0 Å². The number of likely N-dealkylation sites (tertiary alicyclic amines) is 1. The van der Waals surface area contributed by atoms with Gasteiger partial charge in [-0.3, -0.25) is 4.79 Å². The number of anilines is 1. The van der Waals surface area contributed by atoms with Crippen molar-refractivity contribution >= 4 is 11.6 Å². The van der Waals surface area contributed by atoms with Crippen LogP contribution in [0, 0.1) is 6.92 Å². The molecule has 0 radical (unpaired) electrons. The molecule has 2 rings (SSSR count). The summed E-state index contributed by atoms with van der Waals surface area (Å²) in [5.74, 6) is 0.123. The summed E-state index contributed by atoms with van der Waals surface area (Å²) in [5, 5.41) is 2.94. The molecule has 0 atom stereocenters. The van der Waals surface area contributed by atoms with Crippen molar-refractivity contribution in [3.05, 3.63) is 29.8 Å². The smallest absolute Gasteiger partial charge is 0.224 e. The predicted molar refractivity (Wildman–Crippen MR) is 74.7 cm³/mol. The van der Waals surface area contributed by atoms with Crippen LogP contribution in [-0.4, -0.2) is 30.4 Å². The first-order valence-electron chi connectivity index (χ1n) is 6.83. The lowest BCUT2D eigenvalue weighted by atomic mass is 10.2. The lowest BCUT2D eigenvalue weighted by Gasteiger charge is -2.13. The second kappa shape index (κ2) is 6.55. The molecule has 0 aromatic heterocycles. The van der Waals surface area contributed by atoms with Crippen molar-refractivity contribution < 1.29 is 4.79 Å². The molecule has 1 amide bonds. The second-order valence-corrected chi connectivity index (χ2v) is 5.07. The summed E-state index contributed by atoms with van der Waals surface area (Å²) in [7, 11) is 0. The standard InChI is InChI=1S/C15H22N2O/c1-13-6-8-14(9-7-13)16-15(18)5-4-12-17-10-2-3-11-17/h6-9H,2-5,10-12H2,1H3,(H,16,18). The molecule has 3 heteroatoms. The molecule has 1 saturated heterocycles. The van der Waals surface area contributed by atoms with Gasteiger partial charge in [0.1, 0.15) is 0 Å². The number of nitrogens with one attached hydrogen (secondary N) is 1. The third kappa shape index (κ3) is 4.15. The first-order chi connectivity index (χ1) is 8.74. The molecular formula is C15H22N2O. The highest BCUT2D eigenvalue weighted by molar-refractivity contribution is 5.90. The molecule has 0 bridgehead atoms. The molecule has 1 N–H and O–H groups in total. The Kier molecular flexibility index (Phi) is 4.76. The van der Waals surface area contributed by atoms with Crippen LogP contribution in [0.2, 0.25) is 0 Å². The molecule has 18 heavy (non-hydrogen) atoms. The summed E-state index contributed by atoms with van der Waals surface area (Å²) in [6, 6.07) is 7.93. The molecule has 98 valence electrons. The van der Waals surface area contributed by atoms with E-state index in [1.165, 1.54) is 31.5 Å². The van der Waals surface area contributed by atoms with E-state index in [0.717, 1.165) is 18.7 Å². The van der Waals surface area contributed by atoms with Crippen molar-refractivity contribution in [2.75, 3.05) is 25.0 Å². The molecule has 0 unspecified atom stereocenters. The zero-order valence-corrected chi connectivity index (χ0v) is 11.1. The number of carbonyl (C=O) groups excluding carboxylic acids is 1. The zero-order chi connectivity index (χ0) is 12.8. The minimum absolute atomic E-state index is 0.123. The molecule has 1 heterocycles. The number of hydrogen-bond acceptors (Lipinski definition) is 2. The van der Waals surface area contributed by atoms with Crippen LogP contribution in [0.1, 0.15) is 31.2 Å². The Labute approximate surface area is 109 Å². The van der Waals surface area contributed by atoms with Crippen LogP contribution in [0.3, 0.4) is 0 Å². The maximum Gasteiger partial charge on any atom is 0.224 e. The molecule has 1 aliphatic heterocycles. The molecule has 0 saturated carbocycles. The summed E-state index contributed by atoms with van der Waals surface area (Å²) in [6.45, 7) is 5.52. The fourth-order valence-corrected chi connectivity index (χ4v) is 2.33. The van der Waals surface area contributed by atoms with Gasteiger partial charge in [-0.15, -0.1) is 0 Å². The minimum atomic E-state index is 0.123. The average Bonchev–Trinajstić information content (AvgIpc) is 2.85. The fraction of sp³-hybridized carbons (Fsp3) is 0.533. The molecule has 1 aromatic carbocycles. The lowest BCUT2D eigenvalue weighted by molar-refractivity contribution is -0.116. The van der Waals surface area contributed by atoms with E-state index < -0.39 is 0 Å². The van der Waals surface area contributed by atoms with Gasteiger partial charge in [-0.2, -0.15) is 0 Å². The van der Waals surface area contributed by atoms with E-state index in [1.54, 1.807) is 0 Å². The molecule has 1 aromatic rings. The Morgan fingerprint density at radius 3 is 2.56 bits per heavy atom. The third-order valence-corrected chi connectivity index (χ3v) is 3.41. The molecule has 0 aliphatic carbocycles. The van der Waals surface area contributed by atoms with Crippen molar-refractivity contribution in [1.29, 1.82) is 0 Å². The largest absolute Gasteiger partial charge is 0.326 e. The van der Waals surface area contributed by atoms with Gasteiger partial charge in [-0.05, 0) is 58.0 Å². The van der Waals surface area contributed by atoms with Gasteiger partial charge < -0.3 is 10.2 Å². The Bertz CT molecular complexity index is 380. The first kappa shape index (κ1) is 13.1. The Balaban J connectivity index is 1.66. The van der Waals surface area contributed by atoms with Crippen molar-refractivity contribution in [2.24, 2.45) is 0 Å². The van der Waals surface area contributed by atoms with E-state index in [0.29, 0.717) is 6.42 Å². The SMILES string of the molecule is Cc1ccc(NC(=O)CCCN2CCCC2)cc1. The monoisotopic (exact) mass is 246 g/mol. The van der Waals surface area contributed by atoms with Gasteiger partial charge in [0.05, 0.1) is 0 Å². The fourth-order valence-electron chi connectivity index (χ4n) is 2.33. The van der Waals surface area contributed by atoms with Crippen molar-refractivity contribution in [1.82, 2.24) is 4.90 Å². The van der Waals surface area contributed by atoms with Crippen molar-refractivity contribution in [3.63, 3.8) is 0 Å². The van der Waals surface area contributed by atoms with Crippen LogP contribution in [-0.2, 0) is 4.79 Å². The van der Waals surface area contributed by atoms with E-state index >= 15 is 0 Å². The first-order valence-corrected chi connectivity index (χ1v) is 6.83. The highest BCUT2D eigenvalue weighted by Crippen LogP contribution is 2.11. The number of hydrogen-bond donors (Lipinski definition) is 1. The minimum Gasteiger partial charge on any atom is -0.326 e. The van der Waals surface area contributed by atoms with E-state index in [9.17, 15) is 4.79 Å². The Morgan fingerprint density at radius 2 is 1.89 bits per heavy atom. The van der Waals surface area contributed by atoms with Crippen LogP contribution in [0.25, 0.3) is 0 Å². The topological polar surface area (TPSA) is 32.3 Å². The Morgan fingerprint density at radius 1 is 1.22 bits per heavy atom. The number of amides is 1. The average molecular weight is 246 g/mol. The Hall–Kier alpha value is -1.35. The highest BCUT2D eigenvalue weighted by Gasteiger charge is 2.11. The number of aryl methyl sites for hydroxylation is 1. The van der Waals surface area contributed by atoms with Gasteiger partial charge in [-0.25, -0.2) is 0 Å². The lowest BCUT2D eigenvalue weighted by Crippen LogP contribution is -2.22. The van der Waals surface area contributed by atoms with E-state index in [2.05, 4.69) is 10.2 Å². The third-order valence-electron chi connectivity index (χ3n) is 3.41. The quantitative estimate of drug-likeness (QED) is 0.866. The van der Waals surface area contributed by atoms with Gasteiger partial charge in [0, 0.05) is 12.1 Å². The number of nitrogens with zero attached hydrogens (tertiary/aromatic N) is 1. The van der Waals surface area contributed by atoms with Gasteiger partial charge in [-0.1, -0.05) is 17.7 Å². The van der Waals surface area contributed by atoms with E-state index in [4.69, 9.17) is 0 Å². The molecule has 1 aliphatic rings. The normalized spacial score (nSPS) is 15.8. The predicted octanol–water partition coefficient (Wildman–Crippen LogP) is 2.81. The second-order valence-electron chi connectivity index (χ2n) is 5.07. The van der Waals surface area contributed by atoms with Crippen LogP contribution in [0.15, 0.2) is 24.3 Å². The van der Waals surface area contributed by atoms with E-state index in [-0.39, 0.29) is 5.91 Å². The molecule has 0 spiro atoms. The van der Waals surface area contributed by atoms with Gasteiger partial charge >= 0.3 is 0 Å². The number of benzene rings is 1. The number of carbonyl (C=O) groups is 1. The van der Waals surface area contributed by atoms with Crippen molar-refractivity contribution in [2.45, 2.75) is 32.6 Å². The van der Waals surface area contributed by atoms with Gasteiger partial charge in [0.15, 0.2) is 0 Å². The van der Waals surface area contributed by atoms with Gasteiger partial charge in [0.2, 0.25) is 5.91 Å². The molecule has 1 fully saturated rings.